The monoisotopic (exact) mass is 352 g/mol. The summed E-state index contributed by atoms with van der Waals surface area (Å²) >= 11 is 13.9. The van der Waals surface area contributed by atoms with Gasteiger partial charge in [-0.05, 0) is 46.2 Å². The summed E-state index contributed by atoms with van der Waals surface area (Å²) in [6.45, 7) is 0. The van der Waals surface area contributed by atoms with Crippen LogP contribution in [-0.4, -0.2) is 0 Å². The highest BCUT2D eigenvalue weighted by Gasteiger charge is 2.36. The molecule has 24 heavy (non-hydrogen) atoms. The van der Waals surface area contributed by atoms with Crippen molar-refractivity contribution in [1.29, 1.82) is 0 Å². The molecule has 2 aromatic rings. The van der Waals surface area contributed by atoms with Gasteiger partial charge in [0, 0.05) is 18.3 Å². The summed E-state index contributed by atoms with van der Waals surface area (Å²) in [5.74, 6) is 0.916. The van der Waals surface area contributed by atoms with E-state index < -0.39 is 4.33 Å². The van der Waals surface area contributed by atoms with Crippen LogP contribution in [0.2, 0.25) is 0 Å². The SMILES string of the molecule is ClC1(Cl)Cc2cccc3c2C(C=C3)CCC2C=Cc3cccc1c32. The van der Waals surface area contributed by atoms with Crippen LogP contribution in [0.1, 0.15) is 58.1 Å². The van der Waals surface area contributed by atoms with Crippen molar-refractivity contribution in [3.8, 4) is 0 Å². The molecule has 0 nitrogen and oxygen atoms in total. The van der Waals surface area contributed by atoms with Crippen LogP contribution < -0.4 is 0 Å². The van der Waals surface area contributed by atoms with Gasteiger partial charge in [-0.15, -0.1) is 0 Å². The van der Waals surface area contributed by atoms with Crippen molar-refractivity contribution in [2.24, 2.45) is 0 Å². The summed E-state index contributed by atoms with van der Waals surface area (Å²) in [6, 6.07) is 12.9. The van der Waals surface area contributed by atoms with Crippen molar-refractivity contribution >= 4 is 35.4 Å². The Kier molecular flexibility index (Phi) is 3.24. The molecule has 0 radical (unpaired) electrons. The van der Waals surface area contributed by atoms with Crippen LogP contribution in [0.5, 0.6) is 0 Å². The summed E-state index contributed by atoms with van der Waals surface area (Å²) in [7, 11) is 0. The molecule has 3 aliphatic rings. The van der Waals surface area contributed by atoms with Gasteiger partial charge in [-0.25, -0.2) is 0 Å². The first-order valence-electron chi connectivity index (χ1n) is 8.63. The molecule has 3 aliphatic carbocycles. The fourth-order valence-corrected chi connectivity index (χ4v) is 5.27. The highest BCUT2D eigenvalue weighted by atomic mass is 35.5. The number of rotatable bonds is 0. The smallest absolute Gasteiger partial charge is 0.0959 e. The fourth-order valence-electron chi connectivity index (χ4n) is 4.65. The van der Waals surface area contributed by atoms with E-state index >= 15 is 0 Å². The van der Waals surface area contributed by atoms with Gasteiger partial charge in [0.15, 0.2) is 0 Å². The van der Waals surface area contributed by atoms with Gasteiger partial charge < -0.3 is 0 Å². The standard InChI is InChI=1S/C22H18Cl2/c23-22(24)13-18-5-1-3-14-7-9-16(20(14)18)10-12-17-11-8-15-4-2-6-19(22)21(15)17/h1-9,11,16-17H,10,12-13H2. The Balaban J connectivity index is 1.71. The molecule has 2 aromatic carbocycles. The van der Waals surface area contributed by atoms with Gasteiger partial charge in [-0.2, -0.15) is 0 Å². The lowest BCUT2D eigenvalue weighted by Gasteiger charge is -2.29. The second-order valence-corrected chi connectivity index (χ2v) is 8.60. The van der Waals surface area contributed by atoms with Crippen LogP contribution in [-0.2, 0) is 10.8 Å². The van der Waals surface area contributed by atoms with Gasteiger partial charge in [0.05, 0.1) is 0 Å². The van der Waals surface area contributed by atoms with Gasteiger partial charge in [-0.1, -0.05) is 83.9 Å². The molecule has 0 amide bonds. The molecule has 0 fully saturated rings. The van der Waals surface area contributed by atoms with Crippen LogP contribution >= 0.6 is 23.2 Å². The third-order valence-electron chi connectivity index (χ3n) is 5.72. The van der Waals surface area contributed by atoms with E-state index in [1.807, 2.05) is 0 Å². The second kappa shape index (κ2) is 5.25. The van der Waals surface area contributed by atoms with Crippen LogP contribution in [0, 0.1) is 0 Å². The van der Waals surface area contributed by atoms with E-state index in [-0.39, 0.29) is 0 Å². The Hall–Kier alpha value is -1.50. The van der Waals surface area contributed by atoms with Gasteiger partial charge in [0.25, 0.3) is 0 Å². The van der Waals surface area contributed by atoms with E-state index in [4.69, 9.17) is 23.2 Å². The maximum Gasteiger partial charge on any atom is 0.147 e. The molecule has 2 atom stereocenters. The maximum atomic E-state index is 6.94. The Morgan fingerprint density at radius 1 is 0.792 bits per heavy atom. The van der Waals surface area contributed by atoms with Gasteiger partial charge in [0.1, 0.15) is 4.33 Å². The molecule has 0 bridgehead atoms. The van der Waals surface area contributed by atoms with Crippen LogP contribution in [0.3, 0.4) is 0 Å². The normalized spacial score (nSPS) is 25.4. The zero-order valence-electron chi connectivity index (χ0n) is 13.3. The van der Waals surface area contributed by atoms with Crippen LogP contribution in [0.25, 0.3) is 12.2 Å². The van der Waals surface area contributed by atoms with E-state index in [0.29, 0.717) is 18.3 Å². The van der Waals surface area contributed by atoms with Crippen molar-refractivity contribution in [3.63, 3.8) is 0 Å². The first-order chi connectivity index (χ1) is 11.6. The predicted molar refractivity (Wildman–Crippen MR) is 103 cm³/mol. The summed E-state index contributed by atoms with van der Waals surface area (Å²) in [5.41, 5.74) is 7.75. The maximum absolute atomic E-state index is 6.94. The minimum absolute atomic E-state index is 0.427. The Bertz CT molecular complexity index is 889. The number of halogens is 2. The molecule has 5 rings (SSSR count). The number of hydrogen-bond acceptors (Lipinski definition) is 0. The van der Waals surface area contributed by atoms with Gasteiger partial charge in [-0.3, -0.25) is 0 Å². The van der Waals surface area contributed by atoms with Crippen molar-refractivity contribution in [2.75, 3.05) is 0 Å². The second-order valence-electron chi connectivity index (χ2n) is 7.12. The predicted octanol–water partition coefficient (Wildman–Crippen LogP) is 6.57. The summed E-state index contributed by atoms with van der Waals surface area (Å²) in [6.07, 6.45) is 12.1. The van der Waals surface area contributed by atoms with Gasteiger partial charge in [0.2, 0.25) is 0 Å². The van der Waals surface area contributed by atoms with E-state index in [2.05, 4.69) is 60.7 Å². The number of allylic oxidation sites excluding steroid dienone is 2. The highest BCUT2D eigenvalue weighted by molar-refractivity contribution is 6.48. The number of hydrogen-bond donors (Lipinski definition) is 0. The first-order valence-corrected chi connectivity index (χ1v) is 9.38. The van der Waals surface area contributed by atoms with Crippen LogP contribution in [0.4, 0.5) is 0 Å². The van der Waals surface area contributed by atoms with E-state index in [0.717, 1.165) is 12.0 Å². The molecule has 0 aromatic heterocycles. The topological polar surface area (TPSA) is 0 Å². The minimum Gasteiger partial charge on any atom is -0.0959 e. The number of alkyl halides is 2. The molecule has 120 valence electrons. The molecule has 0 spiro atoms. The lowest BCUT2D eigenvalue weighted by atomic mass is 9.81. The average molecular weight is 353 g/mol. The van der Waals surface area contributed by atoms with Crippen molar-refractivity contribution in [1.82, 2.24) is 0 Å². The molecule has 2 unspecified atom stereocenters. The zero-order chi connectivity index (χ0) is 16.3. The van der Waals surface area contributed by atoms with E-state index in [1.54, 1.807) is 0 Å². The highest BCUT2D eigenvalue weighted by Crippen LogP contribution is 2.49. The lowest BCUT2D eigenvalue weighted by Crippen LogP contribution is -2.20. The average Bonchev–Trinajstić information content (AvgIpc) is 3.16. The van der Waals surface area contributed by atoms with E-state index in [9.17, 15) is 0 Å². The summed E-state index contributed by atoms with van der Waals surface area (Å²) in [5, 5.41) is 0. The Labute approximate surface area is 152 Å². The van der Waals surface area contributed by atoms with Crippen molar-refractivity contribution in [3.05, 3.63) is 81.9 Å². The molecular weight excluding hydrogens is 335 g/mol. The van der Waals surface area contributed by atoms with Gasteiger partial charge >= 0.3 is 0 Å². The molecule has 0 saturated heterocycles. The Morgan fingerprint density at radius 2 is 1.42 bits per heavy atom. The zero-order valence-corrected chi connectivity index (χ0v) is 14.8. The largest absolute Gasteiger partial charge is 0.147 e. The van der Waals surface area contributed by atoms with E-state index in [1.165, 1.54) is 34.2 Å². The molecule has 0 N–H and O–H groups in total. The summed E-state index contributed by atoms with van der Waals surface area (Å²) < 4.78 is -0.894. The third kappa shape index (κ3) is 2.13. The van der Waals surface area contributed by atoms with Crippen LogP contribution in [0.15, 0.2) is 48.6 Å². The molecule has 0 heterocycles. The Morgan fingerprint density at radius 3 is 2.17 bits per heavy atom. The molecule has 0 aliphatic heterocycles. The minimum atomic E-state index is -0.894. The summed E-state index contributed by atoms with van der Waals surface area (Å²) in [4.78, 5) is 0. The molecule has 0 saturated carbocycles. The fraction of sp³-hybridized carbons (Fsp3) is 0.273. The first kappa shape index (κ1) is 14.8. The molecular formula is C22H18Cl2. The number of benzene rings is 2. The molecule has 2 heteroatoms. The quantitative estimate of drug-likeness (QED) is 0.470. The third-order valence-corrected chi connectivity index (χ3v) is 6.40. The van der Waals surface area contributed by atoms with Crippen molar-refractivity contribution < 1.29 is 0 Å². The lowest BCUT2D eigenvalue weighted by molar-refractivity contribution is 0.621. The van der Waals surface area contributed by atoms with Crippen molar-refractivity contribution in [2.45, 2.75) is 35.4 Å².